The highest BCUT2D eigenvalue weighted by atomic mass is 31.2. The van der Waals surface area contributed by atoms with Crippen molar-refractivity contribution in [2.75, 3.05) is 26.4 Å². The van der Waals surface area contributed by atoms with Crippen molar-refractivity contribution in [2.45, 2.75) is 25.9 Å². The number of phosphoric ester groups is 1. The molecular formula is C9H20NO7P. The van der Waals surface area contributed by atoms with Gasteiger partial charge in [0.05, 0.1) is 13.2 Å². The summed E-state index contributed by atoms with van der Waals surface area (Å²) in [6.07, 6.45) is -0.289. The predicted molar refractivity (Wildman–Crippen MR) is 62.7 cm³/mol. The van der Waals surface area contributed by atoms with E-state index in [1.165, 1.54) is 0 Å². The van der Waals surface area contributed by atoms with Crippen molar-refractivity contribution < 1.29 is 33.1 Å². The molecule has 8 nitrogen and oxygen atoms in total. The second-order valence-corrected chi connectivity index (χ2v) is 4.93. The number of esters is 1. The van der Waals surface area contributed by atoms with E-state index < -0.39 is 26.5 Å². The van der Waals surface area contributed by atoms with E-state index >= 15 is 0 Å². The smallest absolute Gasteiger partial charge is 0.463 e. The number of carbonyl (C=O) groups is 1. The number of rotatable bonds is 10. The molecule has 0 radical (unpaired) electrons. The summed E-state index contributed by atoms with van der Waals surface area (Å²) in [4.78, 5) is 20.1. The minimum Gasteiger partial charge on any atom is -0.463 e. The summed E-state index contributed by atoms with van der Waals surface area (Å²) in [5.74, 6) is -0.442. The fraction of sp³-hybridized carbons (Fsp3) is 0.889. The Morgan fingerprint density at radius 1 is 1.39 bits per heavy atom. The van der Waals surface area contributed by atoms with Crippen molar-refractivity contribution in [3.8, 4) is 0 Å². The van der Waals surface area contributed by atoms with Gasteiger partial charge in [-0.15, -0.1) is 0 Å². The zero-order valence-corrected chi connectivity index (χ0v) is 11.2. The van der Waals surface area contributed by atoms with Crippen molar-refractivity contribution in [2.24, 2.45) is 5.73 Å². The van der Waals surface area contributed by atoms with Crippen LogP contribution in [0, 0.1) is 0 Å². The van der Waals surface area contributed by atoms with Crippen LogP contribution in [0.1, 0.15) is 19.8 Å². The summed E-state index contributed by atoms with van der Waals surface area (Å²) >= 11 is 0. The Balaban J connectivity index is 3.78. The van der Waals surface area contributed by atoms with Gasteiger partial charge >= 0.3 is 13.8 Å². The first-order valence-electron chi connectivity index (χ1n) is 5.57. The van der Waals surface area contributed by atoms with E-state index in [0.29, 0.717) is 6.42 Å². The van der Waals surface area contributed by atoms with Gasteiger partial charge in [-0.05, 0) is 6.42 Å². The third-order valence-corrected chi connectivity index (χ3v) is 2.68. The van der Waals surface area contributed by atoms with Crippen LogP contribution in [0.15, 0.2) is 0 Å². The van der Waals surface area contributed by atoms with Crippen LogP contribution in [-0.4, -0.2) is 48.4 Å². The van der Waals surface area contributed by atoms with Crippen LogP contribution in [-0.2, 0) is 23.1 Å². The lowest BCUT2D eigenvalue weighted by atomic mass is 10.3. The molecule has 0 fully saturated rings. The Labute approximate surface area is 106 Å². The standard InChI is InChI=1S/C9H20NO7P/c1-2-3-9(12)15-6-8(11)7-17-18(13,14)16-5-4-10/h8,11H,2-7,10H2,1H3,(H,13,14). The number of nitrogens with two attached hydrogens (primary N) is 1. The van der Waals surface area contributed by atoms with Crippen molar-refractivity contribution in [3.05, 3.63) is 0 Å². The summed E-state index contributed by atoms with van der Waals surface area (Å²) in [6, 6.07) is 0. The average molecular weight is 285 g/mol. The molecule has 0 heterocycles. The second kappa shape index (κ2) is 9.43. The number of hydrogen-bond donors (Lipinski definition) is 3. The van der Waals surface area contributed by atoms with Gasteiger partial charge in [-0.3, -0.25) is 13.8 Å². The molecule has 2 unspecified atom stereocenters. The lowest BCUT2D eigenvalue weighted by Gasteiger charge is -2.15. The SMILES string of the molecule is CCCC(=O)OCC(O)COP(=O)(O)OCCN. The predicted octanol–water partition coefficient (Wildman–Crippen LogP) is -0.217. The fourth-order valence-corrected chi connectivity index (χ4v) is 1.67. The summed E-state index contributed by atoms with van der Waals surface area (Å²) in [7, 11) is -4.20. The molecule has 0 saturated carbocycles. The maximum atomic E-state index is 11.2. The van der Waals surface area contributed by atoms with E-state index in [-0.39, 0.29) is 26.2 Å². The van der Waals surface area contributed by atoms with Crippen LogP contribution >= 0.6 is 7.82 Å². The summed E-state index contributed by atoms with van der Waals surface area (Å²) < 4.78 is 24.8. The van der Waals surface area contributed by atoms with Gasteiger partial charge in [0.25, 0.3) is 0 Å². The van der Waals surface area contributed by atoms with Gasteiger partial charge in [-0.1, -0.05) is 6.92 Å². The van der Waals surface area contributed by atoms with Crippen molar-refractivity contribution >= 4 is 13.8 Å². The van der Waals surface area contributed by atoms with Crippen molar-refractivity contribution in [1.82, 2.24) is 0 Å². The van der Waals surface area contributed by atoms with Gasteiger partial charge in [0.1, 0.15) is 12.7 Å². The molecule has 0 rings (SSSR count). The molecule has 0 spiro atoms. The van der Waals surface area contributed by atoms with E-state index in [9.17, 15) is 14.5 Å². The normalized spacial score (nSPS) is 16.0. The first-order chi connectivity index (χ1) is 8.41. The van der Waals surface area contributed by atoms with E-state index in [1.807, 2.05) is 6.92 Å². The van der Waals surface area contributed by atoms with Crippen LogP contribution in [0.3, 0.4) is 0 Å². The Kier molecular flexibility index (Phi) is 9.17. The van der Waals surface area contributed by atoms with Crippen molar-refractivity contribution in [1.29, 1.82) is 0 Å². The summed E-state index contributed by atoms with van der Waals surface area (Å²) in [6.45, 7) is 0.992. The summed E-state index contributed by atoms with van der Waals surface area (Å²) in [5.41, 5.74) is 5.08. The highest BCUT2D eigenvalue weighted by molar-refractivity contribution is 7.47. The third-order valence-electron chi connectivity index (χ3n) is 1.69. The van der Waals surface area contributed by atoms with E-state index in [4.69, 9.17) is 10.6 Å². The van der Waals surface area contributed by atoms with E-state index in [0.717, 1.165) is 0 Å². The van der Waals surface area contributed by atoms with Gasteiger partial charge < -0.3 is 20.5 Å². The molecule has 0 aliphatic heterocycles. The van der Waals surface area contributed by atoms with E-state index in [2.05, 4.69) is 13.8 Å². The summed E-state index contributed by atoms with van der Waals surface area (Å²) in [5, 5.41) is 9.34. The number of hydrogen-bond acceptors (Lipinski definition) is 7. The molecule has 0 saturated heterocycles. The number of phosphoric acid groups is 1. The quantitative estimate of drug-likeness (QED) is 0.371. The molecule has 0 aliphatic rings. The highest BCUT2D eigenvalue weighted by Gasteiger charge is 2.22. The molecule has 9 heteroatoms. The highest BCUT2D eigenvalue weighted by Crippen LogP contribution is 2.42. The minimum atomic E-state index is -4.20. The van der Waals surface area contributed by atoms with Gasteiger partial charge in [0, 0.05) is 13.0 Å². The first-order valence-corrected chi connectivity index (χ1v) is 7.06. The second-order valence-electron chi connectivity index (χ2n) is 3.47. The molecule has 0 aliphatic carbocycles. The molecule has 0 aromatic carbocycles. The maximum absolute atomic E-state index is 11.2. The molecule has 18 heavy (non-hydrogen) atoms. The van der Waals surface area contributed by atoms with Crippen LogP contribution in [0.2, 0.25) is 0 Å². The monoisotopic (exact) mass is 285 g/mol. The molecule has 2 atom stereocenters. The zero-order chi connectivity index (χ0) is 14.0. The fourth-order valence-electron chi connectivity index (χ4n) is 0.899. The van der Waals surface area contributed by atoms with Gasteiger partial charge in [0.2, 0.25) is 0 Å². The molecule has 0 amide bonds. The number of carbonyl (C=O) groups excluding carboxylic acids is 1. The van der Waals surface area contributed by atoms with Crippen LogP contribution in [0.4, 0.5) is 0 Å². The number of ether oxygens (including phenoxy) is 1. The molecule has 0 aromatic heterocycles. The Morgan fingerprint density at radius 2 is 2.06 bits per heavy atom. The molecular weight excluding hydrogens is 265 g/mol. The van der Waals surface area contributed by atoms with Crippen molar-refractivity contribution in [3.63, 3.8) is 0 Å². The Hall–Kier alpha value is -0.500. The topological polar surface area (TPSA) is 128 Å². The van der Waals surface area contributed by atoms with Gasteiger partial charge in [-0.25, -0.2) is 4.57 Å². The number of aliphatic hydroxyl groups excluding tert-OH is 1. The Morgan fingerprint density at radius 3 is 2.61 bits per heavy atom. The Bertz CT molecular complexity index is 286. The van der Waals surface area contributed by atoms with Gasteiger partial charge in [0.15, 0.2) is 0 Å². The average Bonchev–Trinajstić information content (AvgIpc) is 2.32. The van der Waals surface area contributed by atoms with Crippen LogP contribution in [0.5, 0.6) is 0 Å². The van der Waals surface area contributed by atoms with E-state index in [1.54, 1.807) is 0 Å². The third kappa shape index (κ3) is 9.52. The van der Waals surface area contributed by atoms with Gasteiger partial charge in [-0.2, -0.15) is 0 Å². The first kappa shape index (κ1) is 17.5. The van der Waals surface area contributed by atoms with Crippen LogP contribution < -0.4 is 5.73 Å². The zero-order valence-electron chi connectivity index (χ0n) is 10.3. The molecule has 108 valence electrons. The lowest BCUT2D eigenvalue weighted by Crippen LogP contribution is -2.23. The lowest BCUT2D eigenvalue weighted by molar-refractivity contribution is -0.147. The van der Waals surface area contributed by atoms with Crippen LogP contribution in [0.25, 0.3) is 0 Å². The maximum Gasteiger partial charge on any atom is 0.472 e. The minimum absolute atomic E-state index is 0.0745. The molecule has 0 aromatic rings. The molecule has 0 bridgehead atoms. The largest absolute Gasteiger partial charge is 0.472 e. The number of aliphatic hydroxyl groups is 1. The molecule has 4 N–H and O–H groups in total.